The lowest BCUT2D eigenvalue weighted by atomic mass is 10.0. The summed E-state index contributed by atoms with van der Waals surface area (Å²) in [5.74, 6) is 0.462. The molecule has 1 fully saturated rings. The highest BCUT2D eigenvalue weighted by atomic mass is 32.2. The number of hydrogen-bond donors (Lipinski definition) is 2. The smallest absolute Gasteiger partial charge is 0.416 e. The number of carbonyl (C=O) groups excluding carboxylic acids is 1. The molecule has 0 atom stereocenters. The van der Waals surface area contributed by atoms with Crippen LogP contribution in [-0.4, -0.2) is 57.0 Å². The van der Waals surface area contributed by atoms with Gasteiger partial charge in [0.1, 0.15) is 11.5 Å². The van der Waals surface area contributed by atoms with Crippen LogP contribution in [0.2, 0.25) is 0 Å². The van der Waals surface area contributed by atoms with Gasteiger partial charge in [-0.05, 0) is 75.0 Å². The number of hydrogen-bond acceptors (Lipinski definition) is 7. The molecule has 1 aliphatic carbocycles. The number of fused-ring (bicyclic) bond motifs is 1. The molecule has 5 rings (SSSR count). The average Bonchev–Trinajstić information content (AvgIpc) is 2.97. The van der Waals surface area contributed by atoms with Gasteiger partial charge >= 0.3 is 6.18 Å². The number of halogens is 3. The van der Waals surface area contributed by atoms with Gasteiger partial charge in [0.05, 0.1) is 35.7 Å². The molecule has 0 radical (unpaired) electrons. The van der Waals surface area contributed by atoms with Gasteiger partial charge in [0, 0.05) is 37.2 Å². The standard InChI is InChI=1S/C32H37F3N4O4S/c33-32(34,35)22-10-12-25(13-11-22)43-19-3-1-2-16-36-17-14-29(41)38-18-15-28-27(21-38)30(42)39(23-6-4-7-24(40)20-23)31(37-28)44-26-8-5-9-26/h4,6-7,10-13,20,26,36,40H,1-3,5,8-9,14-19,21H2. The molecule has 44 heavy (non-hydrogen) atoms. The fourth-order valence-electron chi connectivity index (χ4n) is 5.18. The predicted octanol–water partition coefficient (Wildman–Crippen LogP) is 5.72. The summed E-state index contributed by atoms with van der Waals surface area (Å²) in [7, 11) is 0. The Hall–Kier alpha value is -3.51. The molecule has 3 aromatic rings. The van der Waals surface area contributed by atoms with Crippen molar-refractivity contribution < 1.29 is 27.8 Å². The molecule has 0 saturated heterocycles. The van der Waals surface area contributed by atoms with Crippen molar-refractivity contribution in [3.05, 3.63) is 75.7 Å². The van der Waals surface area contributed by atoms with Crippen LogP contribution in [0.1, 0.15) is 61.8 Å². The summed E-state index contributed by atoms with van der Waals surface area (Å²) in [6, 6.07) is 11.3. The highest BCUT2D eigenvalue weighted by molar-refractivity contribution is 7.99. The van der Waals surface area contributed by atoms with Crippen molar-refractivity contribution in [2.45, 2.75) is 74.5 Å². The third kappa shape index (κ3) is 8.15. The molecule has 1 aromatic heterocycles. The molecule has 0 unspecified atom stereocenters. The Morgan fingerprint density at radius 1 is 1.09 bits per heavy atom. The Balaban J connectivity index is 1.06. The first-order valence-electron chi connectivity index (χ1n) is 15.1. The molecule has 1 saturated carbocycles. The van der Waals surface area contributed by atoms with Gasteiger partial charge in [0.2, 0.25) is 5.91 Å². The van der Waals surface area contributed by atoms with E-state index in [1.165, 1.54) is 18.6 Å². The lowest BCUT2D eigenvalue weighted by Gasteiger charge is -2.30. The zero-order valence-electron chi connectivity index (χ0n) is 24.4. The Bertz CT molecular complexity index is 1490. The van der Waals surface area contributed by atoms with Gasteiger partial charge in [0.25, 0.3) is 5.56 Å². The first-order chi connectivity index (χ1) is 21.2. The molecule has 2 aromatic carbocycles. The van der Waals surface area contributed by atoms with Crippen LogP contribution < -0.4 is 15.6 Å². The van der Waals surface area contributed by atoms with Crippen LogP contribution in [-0.2, 0) is 23.9 Å². The molecule has 236 valence electrons. The highest BCUT2D eigenvalue weighted by Gasteiger charge is 2.30. The summed E-state index contributed by atoms with van der Waals surface area (Å²) in [5.41, 5.74) is 0.943. The Morgan fingerprint density at radius 2 is 1.89 bits per heavy atom. The molecular weight excluding hydrogens is 593 g/mol. The molecule has 2 heterocycles. The van der Waals surface area contributed by atoms with E-state index in [4.69, 9.17) is 9.72 Å². The second-order valence-corrected chi connectivity index (χ2v) is 12.4. The maximum absolute atomic E-state index is 13.8. The monoisotopic (exact) mass is 630 g/mol. The Kier molecular flexibility index (Phi) is 10.5. The fraction of sp³-hybridized carbons (Fsp3) is 0.469. The van der Waals surface area contributed by atoms with E-state index in [1.807, 2.05) is 0 Å². The van der Waals surface area contributed by atoms with Crippen LogP contribution in [0.5, 0.6) is 11.5 Å². The third-order valence-corrected chi connectivity index (χ3v) is 9.22. The van der Waals surface area contributed by atoms with E-state index in [0.717, 1.165) is 56.5 Å². The lowest BCUT2D eigenvalue weighted by Crippen LogP contribution is -2.42. The number of benzene rings is 2. The second-order valence-electron chi connectivity index (χ2n) is 11.1. The number of ether oxygens (including phenoxy) is 1. The minimum absolute atomic E-state index is 0.0238. The number of aromatic nitrogens is 2. The van der Waals surface area contributed by atoms with Gasteiger partial charge in [-0.2, -0.15) is 13.2 Å². The maximum atomic E-state index is 13.8. The largest absolute Gasteiger partial charge is 0.508 e. The number of thioether (sulfide) groups is 1. The number of unbranched alkanes of at least 4 members (excludes halogenated alkanes) is 2. The van der Waals surface area contributed by atoms with E-state index in [0.29, 0.717) is 59.9 Å². The summed E-state index contributed by atoms with van der Waals surface area (Å²) in [6.07, 6.45) is 2.37. The topological polar surface area (TPSA) is 96.7 Å². The van der Waals surface area contributed by atoms with E-state index in [9.17, 15) is 27.9 Å². The van der Waals surface area contributed by atoms with Crippen LogP contribution in [0.3, 0.4) is 0 Å². The molecule has 0 bridgehead atoms. The van der Waals surface area contributed by atoms with Gasteiger partial charge in [-0.25, -0.2) is 4.98 Å². The van der Waals surface area contributed by atoms with E-state index in [1.54, 1.807) is 45.5 Å². The number of phenolic OH excluding ortho intramolecular Hbond substituents is 1. The maximum Gasteiger partial charge on any atom is 0.416 e. The number of phenols is 1. The van der Waals surface area contributed by atoms with E-state index < -0.39 is 11.7 Å². The number of aromatic hydroxyl groups is 1. The molecular formula is C32H37F3N4O4S. The number of amides is 1. The van der Waals surface area contributed by atoms with Crippen LogP contribution in [0.25, 0.3) is 5.69 Å². The van der Waals surface area contributed by atoms with E-state index in [-0.39, 0.29) is 23.8 Å². The Labute approximate surface area is 258 Å². The number of nitrogens with one attached hydrogen (secondary N) is 1. The zero-order chi connectivity index (χ0) is 31.1. The number of alkyl halides is 3. The first kappa shape index (κ1) is 31.9. The normalized spacial score (nSPS) is 15.1. The average molecular weight is 631 g/mol. The van der Waals surface area contributed by atoms with Gasteiger partial charge in [-0.15, -0.1) is 0 Å². The second kappa shape index (κ2) is 14.5. The molecule has 2 N–H and O–H groups in total. The minimum Gasteiger partial charge on any atom is -0.508 e. The Morgan fingerprint density at radius 3 is 2.59 bits per heavy atom. The van der Waals surface area contributed by atoms with Crippen molar-refractivity contribution in [2.75, 3.05) is 26.2 Å². The van der Waals surface area contributed by atoms with Crippen LogP contribution >= 0.6 is 11.8 Å². The molecule has 8 nitrogen and oxygen atoms in total. The summed E-state index contributed by atoms with van der Waals surface area (Å²) < 4.78 is 45.0. The fourth-order valence-corrected chi connectivity index (χ4v) is 6.51. The summed E-state index contributed by atoms with van der Waals surface area (Å²) >= 11 is 1.61. The van der Waals surface area contributed by atoms with Gasteiger partial charge in [-0.1, -0.05) is 24.2 Å². The quantitative estimate of drug-likeness (QED) is 0.184. The lowest BCUT2D eigenvalue weighted by molar-refractivity contribution is -0.137. The SMILES string of the molecule is O=C(CCNCCCCCOc1ccc(C(F)(F)F)cc1)N1CCc2nc(SC3CCC3)n(-c3cccc(O)c3)c(=O)c2C1. The van der Waals surface area contributed by atoms with E-state index >= 15 is 0 Å². The summed E-state index contributed by atoms with van der Waals surface area (Å²) in [5, 5.41) is 14.4. The van der Waals surface area contributed by atoms with Gasteiger partial charge in [0.15, 0.2) is 5.16 Å². The number of nitrogens with zero attached hydrogens (tertiary/aromatic N) is 3. The van der Waals surface area contributed by atoms with Crippen molar-refractivity contribution in [2.24, 2.45) is 0 Å². The zero-order valence-corrected chi connectivity index (χ0v) is 25.3. The predicted molar refractivity (Wildman–Crippen MR) is 162 cm³/mol. The van der Waals surface area contributed by atoms with Crippen molar-refractivity contribution in [3.8, 4) is 17.2 Å². The molecule has 1 aliphatic heterocycles. The van der Waals surface area contributed by atoms with Crippen molar-refractivity contribution >= 4 is 17.7 Å². The molecule has 12 heteroatoms. The van der Waals surface area contributed by atoms with Crippen LogP contribution in [0.4, 0.5) is 13.2 Å². The first-order valence-corrected chi connectivity index (χ1v) is 16.0. The highest BCUT2D eigenvalue weighted by Crippen LogP contribution is 2.36. The van der Waals surface area contributed by atoms with Crippen molar-refractivity contribution in [1.29, 1.82) is 0 Å². The van der Waals surface area contributed by atoms with Crippen molar-refractivity contribution in [3.63, 3.8) is 0 Å². The molecule has 2 aliphatic rings. The van der Waals surface area contributed by atoms with Gasteiger partial charge < -0.3 is 20.1 Å². The van der Waals surface area contributed by atoms with Gasteiger partial charge in [-0.3, -0.25) is 14.2 Å². The van der Waals surface area contributed by atoms with Crippen molar-refractivity contribution in [1.82, 2.24) is 19.8 Å². The summed E-state index contributed by atoms with van der Waals surface area (Å²) in [6.45, 7) is 2.40. The third-order valence-electron chi connectivity index (χ3n) is 7.93. The number of carbonyl (C=O) groups is 1. The molecule has 1 amide bonds. The van der Waals surface area contributed by atoms with Crippen LogP contribution in [0.15, 0.2) is 58.5 Å². The number of rotatable bonds is 13. The van der Waals surface area contributed by atoms with Crippen LogP contribution in [0, 0.1) is 0 Å². The minimum atomic E-state index is -4.36. The summed E-state index contributed by atoms with van der Waals surface area (Å²) in [4.78, 5) is 33.4. The molecule has 0 spiro atoms. The van der Waals surface area contributed by atoms with E-state index in [2.05, 4.69) is 5.32 Å².